The average Bonchev–Trinajstić information content (AvgIpc) is 3.01. The molecule has 3 aromatic rings. The van der Waals surface area contributed by atoms with E-state index in [-0.39, 0.29) is 11.9 Å². The predicted octanol–water partition coefficient (Wildman–Crippen LogP) is 5.53. The number of anilines is 1. The van der Waals surface area contributed by atoms with Crippen molar-refractivity contribution in [3.05, 3.63) is 76.3 Å². The van der Waals surface area contributed by atoms with Gasteiger partial charge in [-0.1, -0.05) is 53.5 Å². The maximum absolute atomic E-state index is 12.8. The topological polar surface area (TPSA) is 52.7 Å². The highest BCUT2D eigenvalue weighted by atomic mass is 35.5. The van der Waals surface area contributed by atoms with Crippen molar-refractivity contribution in [3.63, 3.8) is 0 Å². The van der Waals surface area contributed by atoms with Crippen LogP contribution in [0.1, 0.15) is 16.8 Å². The Morgan fingerprint density at radius 2 is 1.50 bits per heavy atom. The van der Waals surface area contributed by atoms with Crippen molar-refractivity contribution in [2.24, 2.45) is 0 Å². The van der Waals surface area contributed by atoms with Crippen LogP contribution < -0.4 is 5.32 Å². The molecule has 4 rings (SSSR count). The summed E-state index contributed by atoms with van der Waals surface area (Å²) in [5, 5.41) is 5.95. The van der Waals surface area contributed by atoms with E-state index in [9.17, 15) is 9.59 Å². The van der Waals surface area contributed by atoms with E-state index in [0.29, 0.717) is 48.2 Å². The molecule has 1 N–H and O–H groups in total. The minimum absolute atomic E-state index is 0.106. The Kier molecular flexibility index (Phi) is 6.11. The van der Waals surface area contributed by atoms with Crippen molar-refractivity contribution in [2.75, 3.05) is 31.5 Å². The van der Waals surface area contributed by atoms with Crippen LogP contribution in [-0.2, 0) is 0 Å². The van der Waals surface area contributed by atoms with Crippen LogP contribution in [0.15, 0.2) is 60.7 Å². The first-order valence-corrected chi connectivity index (χ1v) is 10.6. The number of rotatable bonds is 2. The molecule has 0 saturated carbocycles. The van der Waals surface area contributed by atoms with E-state index < -0.39 is 0 Å². The summed E-state index contributed by atoms with van der Waals surface area (Å²) in [6.07, 6.45) is 0.707. The lowest BCUT2D eigenvalue weighted by atomic mass is 10.1. The minimum atomic E-state index is -0.158. The fraction of sp³-hybridized carbons (Fsp3) is 0.217. The summed E-state index contributed by atoms with van der Waals surface area (Å²) < 4.78 is 0. The van der Waals surface area contributed by atoms with Crippen molar-refractivity contribution in [1.82, 2.24) is 9.80 Å². The summed E-state index contributed by atoms with van der Waals surface area (Å²) >= 11 is 12.0. The molecule has 1 heterocycles. The fourth-order valence-electron chi connectivity index (χ4n) is 3.60. The van der Waals surface area contributed by atoms with Gasteiger partial charge >= 0.3 is 6.03 Å². The molecule has 1 saturated heterocycles. The van der Waals surface area contributed by atoms with E-state index in [2.05, 4.69) is 5.32 Å². The third kappa shape index (κ3) is 4.53. The normalized spacial score (nSPS) is 14.5. The molecule has 1 aliphatic rings. The van der Waals surface area contributed by atoms with Crippen molar-refractivity contribution in [3.8, 4) is 0 Å². The summed E-state index contributed by atoms with van der Waals surface area (Å²) in [6.45, 7) is 2.10. The molecule has 1 aliphatic heterocycles. The first-order valence-electron chi connectivity index (χ1n) is 9.80. The molecule has 0 aliphatic carbocycles. The van der Waals surface area contributed by atoms with Crippen molar-refractivity contribution in [1.29, 1.82) is 0 Å². The van der Waals surface area contributed by atoms with Gasteiger partial charge in [-0.25, -0.2) is 4.79 Å². The molecule has 0 atom stereocenters. The summed E-state index contributed by atoms with van der Waals surface area (Å²) in [4.78, 5) is 29.1. The third-order valence-electron chi connectivity index (χ3n) is 5.24. The number of carbonyl (C=O) groups excluding carboxylic acids is 2. The molecule has 3 amide bonds. The first kappa shape index (κ1) is 20.5. The lowest BCUT2D eigenvalue weighted by molar-refractivity contribution is 0.0762. The van der Waals surface area contributed by atoms with Crippen LogP contribution in [0.2, 0.25) is 10.0 Å². The number of amides is 3. The standard InChI is InChI=1S/C23H21Cl2N3O2/c24-20-9-7-18(15-21(20)25)22(29)27-10-3-11-28(13-12-27)23(30)26-19-8-6-16-4-1-2-5-17(16)14-19/h1-2,4-9,14-15H,3,10-13H2,(H,26,30). The van der Waals surface area contributed by atoms with Gasteiger partial charge in [0.15, 0.2) is 0 Å². The Hall–Kier alpha value is -2.76. The highest BCUT2D eigenvalue weighted by Gasteiger charge is 2.23. The zero-order chi connectivity index (χ0) is 21.1. The van der Waals surface area contributed by atoms with E-state index in [4.69, 9.17) is 23.2 Å². The number of nitrogens with one attached hydrogen (secondary N) is 1. The highest BCUT2D eigenvalue weighted by Crippen LogP contribution is 2.24. The molecule has 0 radical (unpaired) electrons. The first-order chi connectivity index (χ1) is 14.5. The second kappa shape index (κ2) is 8.94. The van der Waals surface area contributed by atoms with Gasteiger partial charge in [0.1, 0.15) is 0 Å². The lowest BCUT2D eigenvalue weighted by Gasteiger charge is -2.22. The van der Waals surface area contributed by atoms with Gasteiger partial charge in [0.05, 0.1) is 10.0 Å². The molecular formula is C23H21Cl2N3O2. The molecule has 0 unspecified atom stereocenters. The third-order valence-corrected chi connectivity index (χ3v) is 5.98. The lowest BCUT2D eigenvalue weighted by Crippen LogP contribution is -2.39. The number of halogens is 2. The van der Waals surface area contributed by atoms with Gasteiger partial charge in [-0.3, -0.25) is 4.79 Å². The number of fused-ring (bicyclic) bond motifs is 1. The predicted molar refractivity (Wildman–Crippen MR) is 122 cm³/mol. The summed E-state index contributed by atoms with van der Waals surface area (Å²) in [7, 11) is 0. The van der Waals surface area contributed by atoms with Gasteiger partial charge in [0.2, 0.25) is 0 Å². The smallest absolute Gasteiger partial charge is 0.321 e. The Morgan fingerprint density at radius 3 is 2.30 bits per heavy atom. The highest BCUT2D eigenvalue weighted by molar-refractivity contribution is 6.42. The SMILES string of the molecule is O=C(Nc1ccc2ccccc2c1)N1CCCN(C(=O)c2ccc(Cl)c(Cl)c2)CC1. The molecule has 154 valence electrons. The zero-order valence-electron chi connectivity index (χ0n) is 16.3. The molecule has 30 heavy (non-hydrogen) atoms. The quantitative estimate of drug-likeness (QED) is 0.568. The summed E-state index contributed by atoms with van der Waals surface area (Å²) in [5.74, 6) is -0.106. The van der Waals surface area contributed by atoms with E-state index >= 15 is 0 Å². The Labute approximate surface area is 185 Å². The van der Waals surface area contributed by atoms with Gasteiger partial charge in [-0.05, 0) is 47.5 Å². The number of hydrogen-bond acceptors (Lipinski definition) is 2. The van der Waals surface area contributed by atoms with Gasteiger partial charge in [-0.15, -0.1) is 0 Å². The molecule has 0 aromatic heterocycles. The molecule has 5 nitrogen and oxygen atoms in total. The van der Waals surface area contributed by atoms with Gasteiger partial charge in [-0.2, -0.15) is 0 Å². The Balaban J connectivity index is 1.39. The van der Waals surface area contributed by atoms with Crippen molar-refractivity contribution in [2.45, 2.75) is 6.42 Å². The zero-order valence-corrected chi connectivity index (χ0v) is 17.8. The number of carbonyl (C=O) groups is 2. The average molecular weight is 442 g/mol. The summed E-state index contributed by atoms with van der Waals surface area (Å²) in [5.41, 5.74) is 1.25. The van der Waals surface area contributed by atoms with Gasteiger partial charge < -0.3 is 15.1 Å². The molecule has 3 aromatic carbocycles. The largest absolute Gasteiger partial charge is 0.337 e. The van der Waals surface area contributed by atoms with Gasteiger partial charge in [0, 0.05) is 37.4 Å². The van der Waals surface area contributed by atoms with Crippen LogP contribution in [0.25, 0.3) is 10.8 Å². The van der Waals surface area contributed by atoms with Crippen LogP contribution in [-0.4, -0.2) is 47.9 Å². The van der Waals surface area contributed by atoms with Crippen LogP contribution in [0.4, 0.5) is 10.5 Å². The minimum Gasteiger partial charge on any atom is -0.337 e. The van der Waals surface area contributed by atoms with Crippen LogP contribution in [0, 0.1) is 0 Å². The number of urea groups is 1. The maximum Gasteiger partial charge on any atom is 0.321 e. The fourth-order valence-corrected chi connectivity index (χ4v) is 3.90. The Morgan fingerprint density at radius 1 is 0.767 bits per heavy atom. The van der Waals surface area contributed by atoms with Crippen LogP contribution in [0.3, 0.4) is 0 Å². The number of nitrogens with zero attached hydrogens (tertiary/aromatic N) is 2. The van der Waals surface area contributed by atoms with E-state index in [1.165, 1.54) is 0 Å². The Bertz CT molecular complexity index is 1100. The molecule has 0 bridgehead atoms. The second-order valence-corrected chi connectivity index (χ2v) is 8.07. The molecule has 7 heteroatoms. The van der Waals surface area contributed by atoms with E-state index in [0.717, 1.165) is 16.5 Å². The molecule has 1 fully saturated rings. The second-order valence-electron chi connectivity index (χ2n) is 7.25. The maximum atomic E-state index is 12.8. The number of benzene rings is 3. The van der Waals surface area contributed by atoms with Crippen LogP contribution >= 0.6 is 23.2 Å². The molecular weight excluding hydrogens is 421 g/mol. The van der Waals surface area contributed by atoms with Crippen LogP contribution in [0.5, 0.6) is 0 Å². The molecule has 0 spiro atoms. The van der Waals surface area contributed by atoms with E-state index in [1.54, 1.807) is 28.0 Å². The summed E-state index contributed by atoms with van der Waals surface area (Å²) in [6, 6.07) is 18.6. The van der Waals surface area contributed by atoms with Crippen molar-refractivity contribution >= 4 is 51.6 Å². The number of hydrogen-bond donors (Lipinski definition) is 1. The van der Waals surface area contributed by atoms with Gasteiger partial charge in [0.25, 0.3) is 5.91 Å². The van der Waals surface area contributed by atoms with Crippen molar-refractivity contribution < 1.29 is 9.59 Å². The van der Waals surface area contributed by atoms with E-state index in [1.807, 2.05) is 42.5 Å². The monoisotopic (exact) mass is 441 g/mol.